The van der Waals surface area contributed by atoms with E-state index in [1.807, 2.05) is 0 Å². The third-order valence-electron chi connectivity index (χ3n) is 6.01. The molecule has 166 valence electrons. The van der Waals surface area contributed by atoms with Gasteiger partial charge in [-0.3, -0.25) is 24.6 Å². The molecule has 0 spiro atoms. The molecule has 3 aliphatic rings. The Balaban J connectivity index is 1.60. The molecular weight excluding hydrogens is 404 g/mol. The molecule has 5 amide bonds. The van der Waals surface area contributed by atoms with E-state index in [4.69, 9.17) is 4.74 Å². The average Bonchev–Trinajstić information content (AvgIpc) is 3.33. The van der Waals surface area contributed by atoms with Gasteiger partial charge in [-0.25, -0.2) is 9.78 Å². The maximum Gasteiger partial charge on any atom is 0.322 e. The summed E-state index contributed by atoms with van der Waals surface area (Å²) in [5.41, 5.74) is 0.186. The van der Waals surface area contributed by atoms with Gasteiger partial charge < -0.3 is 19.9 Å². The van der Waals surface area contributed by atoms with Crippen LogP contribution in [0.3, 0.4) is 0 Å². The summed E-state index contributed by atoms with van der Waals surface area (Å²) in [5.74, 6) is -0.280. The number of imide groups is 1. The fourth-order valence-electron chi connectivity index (χ4n) is 4.27. The van der Waals surface area contributed by atoms with E-state index in [0.717, 1.165) is 19.6 Å². The minimum Gasteiger partial charge on any atom is -0.495 e. The highest BCUT2D eigenvalue weighted by atomic mass is 16.5. The molecule has 3 saturated heterocycles. The number of hydrogen-bond donors (Lipinski definition) is 2. The lowest BCUT2D eigenvalue weighted by Gasteiger charge is -2.36. The Morgan fingerprint density at radius 1 is 1.19 bits per heavy atom. The van der Waals surface area contributed by atoms with Crippen LogP contribution in [0.15, 0.2) is 12.1 Å². The van der Waals surface area contributed by atoms with Gasteiger partial charge in [0.25, 0.3) is 5.91 Å². The summed E-state index contributed by atoms with van der Waals surface area (Å²) in [6, 6.07) is 0.886. The van der Waals surface area contributed by atoms with Crippen LogP contribution in [-0.2, 0) is 14.4 Å². The van der Waals surface area contributed by atoms with Gasteiger partial charge in [0.1, 0.15) is 23.3 Å². The summed E-state index contributed by atoms with van der Waals surface area (Å²) < 4.78 is 5.30. The standard InChI is InChI=1S/C20H26N6O5/c1-3-24-8-10-25(11-9-24)19(29)12-4-7-15(27)26(12)14-6-5-13(31-2)16(21-14)17-18(28)23-20(30)22-17/h5-6,12,17H,3-4,7-11H2,1-2H3,(H2,22,23,28,30). The largest absolute Gasteiger partial charge is 0.495 e. The summed E-state index contributed by atoms with van der Waals surface area (Å²) >= 11 is 0. The number of carbonyl (C=O) groups excluding carboxylic acids is 4. The van der Waals surface area contributed by atoms with Crippen molar-refractivity contribution in [3.63, 3.8) is 0 Å². The molecule has 11 heteroatoms. The Kier molecular flexibility index (Phi) is 5.77. The maximum atomic E-state index is 13.2. The number of pyridine rings is 1. The van der Waals surface area contributed by atoms with Crippen LogP contribution in [-0.4, -0.2) is 84.4 Å². The Hall–Kier alpha value is -3.21. The summed E-state index contributed by atoms with van der Waals surface area (Å²) in [4.78, 5) is 59.6. The monoisotopic (exact) mass is 430 g/mol. The highest BCUT2D eigenvalue weighted by molar-refractivity contribution is 6.05. The molecule has 1 aromatic rings. The Labute approximate surface area is 179 Å². The van der Waals surface area contributed by atoms with Gasteiger partial charge in [0.2, 0.25) is 11.8 Å². The number of carbonyl (C=O) groups is 4. The lowest BCUT2D eigenvalue weighted by molar-refractivity contribution is -0.134. The number of aromatic nitrogens is 1. The number of methoxy groups -OCH3 is 1. The predicted octanol–water partition coefficient (Wildman–Crippen LogP) is -0.370. The zero-order chi connectivity index (χ0) is 22.1. The number of piperazine rings is 1. The van der Waals surface area contributed by atoms with Gasteiger partial charge >= 0.3 is 6.03 Å². The molecule has 2 atom stereocenters. The molecule has 4 heterocycles. The van der Waals surface area contributed by atoms with Crippen molar-refractivity contribution in [1.29, 1.82) is 0 Å². The highest BCUT2D eigenvalue weighted by Gasteiger charge is 2.41. The van der Waals surface area contributed by atoms with Gasteiger partial charge in [-0.15, -0.1) is 0 Å². The van der Waals surface area contributed by atoms with Gasteiger partial charge in [-0.2, -0.15) is 0 Å². The van der Waals surface area contributed by atoms with Crippen molar-refractivity contribution in [2.45, 2.75) is 31.8 Å². The first-order valence-corrected chi connectivity index (χ1v) is 10.4. The van der Waals surface area contributed by atoms with E-state index in [1.54, 1.807) is 17.0 Å². The smallest absolute Gasteiger partial charge is 0.322 e. The zero-order valence-corrected chi connectivity index (χ0v) is 17.6. The number of likely N-dealkylation sites (N-methyl/N-ethyl adjacent to an activating group) is 1. The van der Waals surface area contributed by atoms with Crippen LogP contribution in [0.4, 0.5) is 10.6 Å². The molecule has 0 aliphatic carbocycles. The van der Waals surface area contributed by atoms with Crippen molar-refractivity contribution in [1.82, 2.24) is 25.4 Å². The maximum absolute atomic E-state index is 13.2. The van der Waals surface area contributed by atoms with Gasteiger partial charge in [0.15, 0.2) is 6.04 Å². The summed E-state index contributed by atoms with van der Waals surface area (Å²) in [6.45, 7) is 5.91. The molecule has 4 rings (SSSR count). The number of hydrogen-bond acceptors (Lipinski definition) is 7. The van der Waals surface area contributed by atoms with Crippen LogP contribution in [0.25, 0.3) is 0 Å². The Morgan fingerprint density at radius 3 is 2.55 bits per heavy atom. The summed E-state index contributed by atoms with van der Waals surface area (Å²) in [5, 5.41) is 4.66. The van der Waals surface area contributed by atoms with Crippen LogP contribution < -0.4 is 20.3 Å². The first-order valence-electron chi connectivity index (χ1n) is 10.4. The van der Waals surface area contributed by atoms with Gasteiger partial charge in [-0.05, 0) is 25.1 Å². The first-order chi connectivity index (χ1) is 14.9. The van der Waals surface area contributed by atoms with Gasteiger partial charge in [0, 0.05) is 32.6 Å². The van der Waals surface area contributed by atoms with Crippen molar-refractivity contribution in [3.8, 4) is 5.75 Å². The Bertz CT molecular complexity index is 913. The second-order valence-corrected chi connectivity index (χ2v) is 7.73. The molecule has 2 unspecified atom stereocenters. The van der Waals surface area contributed by atoms with Crippen LogP contribution >= 0.6 is 0 Å². The van der Waals surface area contributed by atoms with E-state index in [2.05, 4.69) is 27.4 Å². The van der Waals surface area contributed by atoms with E-state index in [1.165, 1.54) is 12.0 Å². The van der Waals surface area contributed by atoms with E-state index in [0.29, 0.717) is 25.3 Å². The van der Waals surface area contributed by atoms with Crippen molar-refractivity contribution in [2.75, 3.05) is 44.7 Å². The topological polar surface area (TPSA) is 124 Å². The minimum atomic E-state index is -1.03. The molecule has 0 radical (unpaired) electrons. The second-order valence-electron chi connectivity index (χ2n) is 7.73. The zero-order valence-electron chi connectivity index (χ0n) is 17.6. The molecule has 11 nitrogen and oxygen atoms in total. The lowest BCUT2D eigenvalue weighted by Crippen LogP contribution is -2.54. The van der Waals surface area contributed by atoms with Crippen LogP contribution in [0.2, 0.25) is 0 Å². The fraction of sp³-hybridized carbons (Fsp3) is 0.550. The minimum absolute atomic E-state index is 0.0901. The molecule has 3 fully saturated rings. The molecule has 0 bridgehead atoms. The second kappa shape index (κ2) is 8.50. The molecule has 0 aromatic carbocycles. The van der Waals surface area contributed by atoms with E-state index in [9.17, 15) is 19.2 Å². The van der Waals surface area contributed by atoms with E-state index < -0.39 is 24.0 Å². The van der Waals surface area contributed by atoms with Crippen molar-refractivity contribution in [3.05, 3.63) is 17.8 Å². The number of nitrogens with zero attached hydrogens (tertiary/aromatic N) is 4. The number of anilines is 1. The van der Waals surface area contributed by atoms with Crippen LogP contribution in [0, 0.1) is 0 Å². The normalized spacial score (nSPS) is 24.4. The molecule has 31 heavy (non-hydrogen) atoms. The summed E-state index contributed by atoms with van der Waals surface area (Å²) in [7, 11) is 1.43. The van der Waals surface area contributed by atoms with E-state index in [-0.39, 0.29) is 29.7 Å². The van der Waals surface area contributed by atoms with Crippen LogP contribution in [0.5, 0.6) is 5.75 Å². The predicted molar refractivity (Wildman–Crippen MR) is 109 cm³/mol. The number of nitrogens with one attached hydrogen (secondary N) is 2. The fourth-order valence-corrected chi connectivity index (χ4v) is 4.27. The first kappa shape index (κ1) is 21.0. The summed E-state index contributed by atoms with van der Waals surface area (Å²) in [6.07, 6.45) is 0.657. The van der Waals surface area contributed by atoms with Gasteiger partial charge in [0.05, 0.1) is 7.11 Å². The van der Waals surface area contributed by atoms with E-state index >= 15 is 0 Å². The Morgan fingerprint density at radius 2 is 1.94 bits per heavy atom. The molecule has 2 N–H and O–H groups in total. The average molecular weight is 430 g/mol. The van der Waals surface area contributed by atoms with Crippen molar-refractivity contribution in [2.24, 2.45) is 0 Å². The molecule has 0 saturated carbocycles. The quantitative estimate of drug-likeness (QED) is 0.611. The van der Waals surface area contributed by atoms with Crippen LogP contribution in [0.1, 0.15) is 31.5 Å². The van der Waals surface area contributed by atoms with Gasteiger partial charge in [-0.1, -0.05) is 6.92 Å². The van der Waals surface area contributed by atoms with Crippen molar-refractivity contribution >= 4 is 29.6 Å². The number of ether oxygens (including phenoxy) is 1. The third-order valence-corrected chi connectivity index (χ3v) is 6.01. The molecular formula is C20H26N6O5. The lowest BCUT2D eigenvalue weighted by atomic mass is 10.1. The molecule has 3 aliphatic heterocycles. The molecule has 1 aromatic heterocycles. The SMILES string of the molecule is CCN1CCN(C(=O)C2CCC(=O)N2c2ccc(OC)c(C3NC(=O)NC3=O)n2)CC1. The highest BCUT2D eigenvalue weighted by Crippen LogP contribution is 2.32. The van der Waals surface area contributed by atoms with Crippen molar-refractivity contribution < 1.29 is 23.9 Å². The number of rotatable bonds is 5. The number of amides is 5. The third kappa shape index (κ3) is 3.92. The number of urea groups is 1.